The van der Waals surface area contributed by atoms with Gasteiger partial charge in [0.15, 0.2) is 5.96 Å². The Bertz CT molecular complexity index is 393. The summed E-state index contributed by atoms with van der Waals surface area (Å²) in [6, 6.07) is 2.12. The van der Waals surface area contributed by atoms with Crippen molar-refractivity contribution in [2.45, 2.75) is 12.6 Å². The third-order valence-corrected chi connectivity index (χ3v) is 3.83. The molecule has 1 aromatic rings. The van der Waals surface area contributed by atoms with Crippen molar-refractivity contribution in [2.75, 3.05) is 40.3 Å². The van der Waals surface area contributed by atoms with E-state index >= 15 is 0 Å². The summed E-state index contributed by atoms with van der Waals surface area (Å²) in [7, 11) is 3.91. The largest absolute Gasteiger partial charge is 0.374 e. The van der Waals surface area contributed by atoms with Crippen LogP contribution in [-0.4, -0.2) is 57.3 Å². The summed E-state index contributed by atoms with van der Waals surface area (Å²) < 4.78 is 5.71. The number of aliphatic imine (C=N–C) groups is 1. The summed E-state index contributed by atoms with van der Waals surface area (Å²) in [5, 5.41) is 10.8. The Morgan fingerprint density at radius 1 is 1.58 bits per heavy atom. The summed E-state index contributed by atoms with van der Waals surface area (Å²) >= 11 is 1.71. The smallest absolute Gasteiger partial charge is 0.191 e. The van der Waals surface area contributed by atoms with Crippen LogP contribution in [0.25, 0.3) is 0 Å². The molecule has 19 heavy (non-hydrogen) atoms. The maximum Gasteiger partial charge on any atom is 0.191 e. The molecule has 1 aliphatic rings. The molecule has 1 unspecified atom stereocenters. The van der Waals surface area contributed by atoms with Gasteiger partial charge in [0.05, 0.1) is 12.7 Å². The van der Waals surface area contributed by atoms with Crippen molar-refractivity contribution in [1.29, 1.82) is 0 Å². The highest BCUT2D eigenvalue weighted by Crippen LogP contribution is 2.05. The lowest BCUT2D eigenvalue weighted by Crippen LogP contribution is -2.48. The van der Waals surface area contributed by atoms with Crippen LogP contribution < -0.4 is 10.6 Å². The average molecular weight is 282 g/mol. The fourth-order valence-electron chi connectivity index (χ4n) is 2.00. The van der Waals surface area contributed by atoms with Crippen molar-refractivity contribution in [3.63, 3.8) is 0 Å². The van der Waals surface area contributed by atoms with Crippen LogP contribution in [0.4, 0.5) is 0 Å². The van der Waals surface area contributed by atoms with Crippen LogP contribution in [0.15, 0.2) is 21.8 Å². The molecule has 0 aromatic carbocycles. The third kappa shape index (κ3) is 4.81. The highest BCUT2D eigenvalue weighted by Gasteiger charge is 2.17. The van der Waals surface area contributed by atoms with Gasteiger partial charge < -0.3 is 20.3 Å². The van der Waals surface area contributed by atoms with Crippen molar-refractivity contribution in [1.82, 2.24) is 15.5 Å². The Morgan fingerprint density at radius 3 is 3.16 bits per heavy atom. The van der Waals surface area contributed by atoms with E-state index in [2.05, 4.69) is 44.4 Å². The lowest BCUT2D eigenvalue weighted by molar-refractivity contribution is -0.0161. The minimum atomic E-state index is 0.235. The number of nitrogens with zero attached hydrogens (tertiary/aromatic N) is 2. The van der Waals surface area contributed by atoms with E-state index in [1.807, 2.05) is 0 Å². The van der Waals surface area contributed by atoms with Gasteiger partial charge in [-0.1, -0.05) is 0 Å². The molecule has 0 aliphatic carbocycles. The van der Waals surface area contributed by atoms with E-state index in [4.69, 9.17) is 4.74 Å². The van der Waals surface area contributed by atoms with Crippen LogP contribution in [0.5, 0.6) is 0 Å². The maximum atomic E-state index is 5.71. The highest BCUT2D eigenvalue weighted by atomic mass is 32.1. The van der Waals surface area contributed by atoms with E-state index in [1.54, 1.807) is 18.4 Å². The van der Waals surface area contributed by atoms with Crippen LogP contribution in [0.1, 0.15) is 5.56 Å². The Hall–Kier alpha value is -1.11. The van der Waals surface area contributed by atoms with Crippen molar-refractivity contribution in [2.24, 2.45) is 4.99 Å². The number of thiophene rings is 1. The van der Waals surface area contributed by atoms with Crippen molar-refractivity contribution in [3.8, 4) is 0 Å². The molecule has 0 bridgehead atoms. The van der Waals surface area contributed by atoms with E-state index < -0.39 is 0 Å². The first-order valence-corrected chi connectivity index (χ1v) is 7.48. The molecule has 2 heterocycles. The Morgan fingerprint density at radius 2 is 2.47 bits per heavy atom. The summed E-state index contributed by atoms with van der Waals surface area (Å²) in [5.74, 6) is 0.822. The first kappa shape index (κ1) is 14.3. The molecule has 1 atom stereocenters. The number of morpholine rings is 1. The monoisotopic (exact) mass is 282 g/mol. The van der Waals surface area contributed by atoms with Crippen LogP contribution in [-0.2, 0) is 11.3 Å². The van der Waals surface area contributed by atoms with Gasteiger partial charge in [0.1, 0.15) is 0 Å². The van der Waals surface area contributed by atoms with Crippen LogP contribution in [0.2, 0.25) is 0 Å². The number of guanidine groups is 1. The molecule has 6 heteroatoms. The van der Waals surface area contributed by atoms with E-state index in [9.17, 15) is 0 Å². The molecule has 0 spiro atoms. The molecule has 106 valence electrons. The average Bonchev–Trinajstić information content (AvgIpc) is 2.92. The van der Waals surface area contributed by atoms with Crippen molar-refractivity contribution < 1.29 is 4.74 Å². The van der Waals surface area contributed by atoms with Gasteiger partial charge in [-0.05, 0) is 29.4 Å². The van der Waals surface area contributed by atoms with Gasteiger partial charge in [0, 0.05) is 33.2 Å². The summed E-state index contributed by atoms with van der Waals surface area (Å²) in [6.45, 7) is 4.38. The number of rotatable bonds is 4. The fraction of sp³-hybridized carbons (Fsp3) is 0.615. The molecule has 0 radical (unpaired) electrons. The zero-order chi connectivity index (χ0) is 13.5. The van der Waals surface area contributed by atoms with Crippen LogP contribution in [0.3, 0.4) is 0 Å². The molecule has 1 aromatic heterocycles. The molecule has 5 nitrogen and oxygen atoms in total. The molecule has 1 saturated heterocycles. The maximum absolute atomic E-state index is 5.71. The van der Waals surface area contributed by atoms with Gasteiger partial charge >= 0.3 is 0 Å². The lowest BCUT2D eigenvalue weighted by atomic mass is 10.3. The van der Waals surface area contributed by atoms with Gasteiger partial charge in [-0.15, -0.1) is 0 Å². The van der Waals surface area contributed by atoms with E-state index in [0.717, 1.165) is 38.7 Å². The normalized spacial score (nSPS) is 21.4. The second-order valence-electron chi connectivity index (χ2n) is 4.69. The summed E-state index contributed by atoms with van der Waals surface area (Å²) in [6.07, 6.45) is 0.235. The Kier molecular flexibility index (Phi) is 5.62. The molecule has 0 amide bonds. The number of nitrogens with one attached hydrogen (secondary N) is 2. The summed E-state index contributed by atoms with van der Waals surface area (Å²) in [5.41, 5.74) is 1.28. The second kappa shape index (κ2) is 7.47. The topological polar surface area (TPSA) is 48.9 Å². The van der Waals surface area contributed by atoms with Gasteiger partial charge in [-0.3, -0.25) is 4.99 Å². The Labute approximate surface area is 118 Å². The van der Waals surface area contributed by atoms with E-state index in [0.29, 0.717) is 0 Å². The molecule has 1 fully saturated rings. The Balaban J connectivity index is 1.70. The zero-order valence-electron chi connectivity index (χ0n) is 11.6. The molecular formula is C13H22N4OS. The van der Waals surface area contributed by atoms with E-state index in [1.165, 1.54) is 5.56 Å². The van der Waals surface area contributed by atoms with Crippen LogP contribution >= 0.6 is 11.3 Å². The summed E-state index contributed by atoms with van der Waals surface area (Å²) in [4.78, 5) is 6.51. The molecular weight excluding hydrogens is 260 g/mol. The second-order valence-corrected chi connectivity index (χ2v) is 5.47. The highest BCUT2D eigenvalue weighted by molar-refractivity contribution is 7.07. The molecule has 0 saturated carbocycles. The first-order valence-electron chi connectivity index (χ1n) is 6.53. The standard InChI is InChI=1S/C13H22N4OS/c1-14-13(15-7-11-3-6-19-10-11)16-8-12-9-17(2)4-5-18-12/h3,6,10,12H,4-5,7-9H2,1-2H3,(H2,14,15,16). The van der Waals surface area contributed by atoms with Crippen molar-refractivity contribution >= 4 is 17.3 Å². The quantitative estimate of drug-likeness (QED) is 0.632. The van der Waals surface area contributed by atoms with Gasteiger partial charge in [-0.25, -0.2) is 0 Å². The minimum absolute atomic E-state index is 0.235. The number of hydrogen-bond acceptors (Lipinski definition) is 4. The van der Waals surface area contributed by atoms with Gasteiger partial charge in [-0.2, -0.15) is 11.3 Å². The predicted molar refractivity (Wildman–Crippen MR) is 79.8 cm³/mol. The van der Waals surface area contributed by atoms with Gasteiger partial charge in [0.25, 0.3) is 0 Å². The SMILES string of the molecule is CN=C(NCc1ccsc1)NCC1CN(C)CCO1. The molecule has 2 N–H and O–H groups in total. The zero-order valence-corrected chi connectivity index (χ0v) is 12.4. The molecule has 1 aliphatic heterocycles. The number of hydrogen-bond donors (Lipinski definition) is 2. The molecule has 2 rings (SSSR count). The number of likely N-dealkylation sites (N-methyl/N-ethyl adjacent to an activating group) is 1. The number of ether oxygens (including phenoxy) is 1. The minimum Gasteiger partial charge on any atom is -0.374 e. The first-order chi connectivity index (χ1) is 9.28. The third-order valence-electron chi connectivity index (χ3n) is 3.10. The predicted octanol–water partition coefficient (Wildman–Crippen LogP) is 0.744. The van der Waals surface area contributed by atoms with E-state index in [-0.39, 0.29) is 6.10 Å². The lowest BCUT2D eigenvalue weighted by Gasteiger charge is -2.30. The fourth-order valence-corrected chi connectivity index (χ4v) is 2.67. The van der Waals surface area contributed by atoms with Gasteiger partial charge in [0.2, 0.25) is 0 Å². The van der Waals surface area contributed by atoms with Crippen molar-refractivity contribution in [3.05, 3.63) is 22.4 Å². The van der Waals surface area contributed by atoms with Crippen LogP contribution in [0, 0.1) is 0 Å².